The van der Waals surface area contributed by atoms with Gasteiger partial charge in [0, 0.05) is 5.56 Å². The largest absolute Gasteiger partial charge is 0.493 e. The molecule has 0 aliphatic carbocycles. The van der Waals surface area contributed by atoms with Gasteiger partial charge >= 0.3 is 6.09 Å². The first-order chi connectivity index (χ1) is 18.0. The molecule has 0 fully saturated rings. The monoisotopic (exact) mass is 500 g/mol. The standard InChI is InChI=1S/C28H28N4O5/c1-3-36-28(34)31-24(21-9-5-4-6-10-21)16-27(33)32-30-18-20-13-14-25(26(15-20)35-2)37-19-23-12-8-7-11-22(23)17-29/h4-15,18,24H,3,16,19H2,1-2H3,(H,31,34)(H,32,33)/b30-18-/t24-/m1/s1. The number of rotatable bonds is 11. The van der Waals surface area contributed by atoms with E-state index in [4.69, 9.17) is 14.2 Å². The number of carbonyl (C=O) groups excluding carboxylic acids is 2. The first-order valence-electron chi connectivity index (χ1n) is 11.6. The van der Waals surface area contributed by atoms with Crippen molar-refractivity contribution in [2.45, 2.75) is 26.0 Å². The maximum atomic E-state index is 12.5. The molecule has 190 valence electrons. The first kappa shape index (κ1) is 26.8. The van der Waals surface area contributed by atoms with Gasteiger partial charge in [0.05, 0.1) is 44.0 Å². The van der Waals surface area contributed by atoms with E-state index in [0.717, 1.165) is 11.1 Å². The van der Waals surface area contributed by atoms with Crippen molar-refractivity contribution in [3.05, 3.63) is 95.1 Å². The molecular weight excluding hydrogens is 472 g/mol. The van der Waals surface area contributed by atoms with E-state index in [-0.39, 0.29) is 25.5 Å². The van der Waals surface area contributed by atoms with Crippen LogP contribution in [0.15, 0.2) is 77.9 Å². The summed E-state index contributed by atoms with van der Waals surface area (Å²) >= 11 is 0. The molecule has 1 atom stereocenters. The molecule has 2 N–H and O–H groups in total. The second-order valence-electron chi connectivity index (χ2n) is 7.79. The molecule has 0 aliphatic heterocycles. The van der Waals surface area contributed by atoms with E-state index >= 15 is 0 Å². The van der Waals surface area contributed by atoms with E-state index in [0.29, 0.717) is 22.6 Å². The number of benzene rings is 3. The van der Waals surface area contributed by atoms with Crippen LogP contribution in [0.2, 0.25) is 0 Å². The van der Waals surface area contributed by atoms with Crippen LogP contribution in [0.5, 0.6) is 11.5 Å². The highest BCUT2D eigenvalue weighted by molar-refractivity contribution is 5.83. The smallest absolute Gasteiger partial charge is 0.407 e. The fourth-order valence-electron chi connectivity index (χ4n) is 3.46. The van der Waals surface area contributed by atoms with E-state index in [2.05, 4.69) is 21.9 Å². The molecule has 2 amide bonds. The van der Waals surface area contributed by atoms with Gasteiger partial charge in [0.15, 0.2) is 11.5 Å². The maximum absolute atomic E-state index is 12.5. The van der Waals surface area contributed by atoms with Crippen LogP contribution in [-0.4, -0.2) is 31.9 Å². The third-order valence-electron chi connectivity index (χ3n) is 5.27. The quantitative estimate of drug-likeness (QED) is 0.296. The van der Waals surface area contributed by atoms with Gasteiger partial charge in [-0.1, -0.05) is 48.5 Å². The van der Waals surface area contributed by atoms with Gasteiger partial charge in [0.2, 0.25) is 5.91 Å². The Morgan fingerprint density at radius 2 is 1.81 bits per heavy atom. The van der Waals surface area contributed by atoms with Crippen LogP contribution >= 0.6 is 0 Å². The lowest BCUT2D eigenvalue weighted by atomic mass is 10.0. The lowest BCUT2D eigenvalue weighted by Crippen LogP contribution is -2.33. The number of carbonyl (C=O) groups is 2. The Labute approximate surface area is 215 Å². The zero-order valence-corrected chi connectivity index (χ0v) is 20.6. The molecule has 0 aliphatic rings. The molecule has 9 nitrogen and oxygen atoms in total. The average molecular weight is 501 g/mol. The number of hydrogen-bond donors (Lipinski definition) is 2. The van der Waals surface area contributed by atoms with Gasteiger partial charge in [-0.3, -0.25) is 4.79 Å². The van der Waals surface area contributed by atoms with Crippen LogP contribution in [0.25, 0.3) is 0 Å². The van der Waals surface area contributed by atoms with Crippen molar-refractivity contribution in [2.24, 2.45) is 5.10 Å². The van der Waals surface area contributed by atoms with Gasteiger partial charge in [0.25, 0.3) is 0 Å². The summed E-state index contributed by atoms with van der Waals surface area (Å²) in [6, 6.07) is 23.2. The van der Waals surface area contributed by atoms with E-state index < -0.39 is 12.1 Å². The summed E-state index contributed by atoms with van der Waals surface area (Å²) in [6.45, 7) is 2.15. The molecule has 0 unspecified atom stereocenters. The number of nitriles is 1. The Kier molecular flexibility index (Phi) is 10.1. The third-order valence-corrected chi connectivity index (χ3v) is 5.27. The van der Waals surface area contributed by atoms with Crippen molar-refractivity contribution < 1.29 is 23.8 Å². The van der Waals surface area contributed by atoms with Gasteiger partial charge in [-0.05, 0) is 42.3 Å². The van der Waals surface area contributed by atoms with Gasteiger partial charge in [0.1, 0.15) is 6.61 Å². The Balaban J connectivity index is 1.61. The predicted molar refractivity (Wildman–Crippen MR) is 138 cm³/mol. The molecular formula is C28H28N4O5. The number of ether oxygens (including phenoxy) is 3. The molecule has 0 radical (unpaired) electrons. The van der Waals surface area contributed by atoms with Crippen molar-refractivity contribution in [3.63, 3.8) is 0 Å². The zero-order chi connectivity index (χ0) is 26.5. The summed E-state index contributed by atoms with van der Waals surface area (Å²) in [5, 5.41) is 16.0. The Morgan fingerprint density at radius 1 is 1.05 bits per heavy atom. The first-order valence-corrected chi connectivity index (χ1v) is 11.6. The summed E-state index contributed by atoms with van der Waals surface area (Å²) in [7, 11) is 1.52. The summed E-state index contributed by atoms with van der Waals surface area (Å²) in [5.74, 6) is 0.602. The molecule has 0 aromatic heterocycles. The minimum absolute atomic E-state index is 0.0273. The number of hydrogen-bond acceptors (Lipinski definition) is 7. The van der Waals surface area contributed by atoms with Crippen LogP contribution in [-0.2, 0) is 16.1 Å². The Bertz CT molecular complexity index is 1270. The van der Waals surface area contributed by atoms with Crippen LogP contribution < -0.4 is 20.2 Å². The molecule has 0 heterocycles. The maximum Gasteiger partial charge on any atom is 0.407 e. The second kappa shape index (κ2) is 13.9. The van der Waals surface area contributed by atoms with Crippen LogP contribution in [0.4, 0.5) is 4.79 Å². The van der Waals surface area contributed by atoms with Crippen molar-refractivity contribution in [2.75, 3.05) is 13.7 Å². The highest BCUT2D eigenvalue weighted by Crippen LogP contribution is 2.28. The van der Waals surface area contributed by atoms with Crippen molar-refractivity contribution >= 4 is 18.2 Å². The number of amides is 2. The number of alkyl carbamates (subject to hydrolysis) is 1. The number of nitrogens with one attached hydrogen (secondary N) is 2. The van der Waals surface area contributed by atoms with Gasteiger partial charge in [-0.15, -0.1) is 0 Å². The van der Waals surface area contributed by atoms with E-state index in [9.17, 15) is 14.9 Å². The minimum Gasteiger partial charge on any atom is -0.493 e. The van der Waals surface area contributed by atoms with Crippen LogP contribution in [0, 0.1) is 11.3 Å². The summed E-state index contributed by atoms with van der Waals surface area (Å²) in [5.41, 5.74) is 5.25. The fourth-order valence-corrected chi connectivity index (χ4v) is 3.46. The van der Waals surface area contributed by atoms with Crippen molar-refractivity contribution in [1.82, 2.24) is 10.7 Å². The number of methoxy groups -OCH3 is 1. The Hall–Kier alpha value is -4.84. The number of nitrogens with zero attached hydrogens (tertiary/aromatic N) is 2. The zero-order valence-electron chi connectivity index (χ0n) is 20.6. The predicted octanol–water partition coefficient (Wildman–Crippen LogP) is 4.47. The lowest BCUT2D eigenvalue weighted by molar-refractivity contribution is -0.121. The van der Waals surface area contributed by atoms with Gasteiger partial charge < -0.3 is 19.5 Å². The molecule has 3 aromatic rings. The fraction of sp³-hybridized carbons (Fsp3) is 0.214. The normalized spacial score (nSPS) is 11.3. The molecule has 0 spiro atoms. The average Bonchev–Trinajstić information content (AvgIpc) is 2.92. The van der Waals surface area contributed by atoms with Gasteiger partial charge in [-0.2, -0.15) is 10.4 Å². The minimum atomic E-state index is -0.599. The summed E-state index contributed by atoms with van der Waals surface area (Å²) < 4.78 is 16.2. The summed E-state index contributed by atoms with van der Waals surface area (Å²) in [4.78, 5) is 24.4. The number of hydrazone groups is 1. The summed E-state index contributed by atoms with van der Waals surface area (Å²) in [6.07, 6.45) is 0.851. The Morgan fingerprint density at radius 3 is 2.54 bits per heavy atom. The molecule has 9 heteroatoms. The highest BCUT2D eigenvalue weighted by Gasteiger charge is 2.18. The van der Waals surface area contributed by atoms with Crippen molar-refractivity contribution in [1.29, 1.82) is 5.26 Å². The lowest BCUT2D eigenvalue weighted by Gasteiger charge is -2.18. The topological polar surface area (TPSA) is 122 Å². The molecule has 3 rings (SSSR count). The van der Waals surface area contributed by atoms with Crippen LogP contribution in [0.3, 0.4) is 0 Å². The molecule has 0 saturated heterocycles. The highest BCUT2D eigenvalue weighted by atomic mass is 16.5. The van der Waals surface area contributed by atoms with E-state index in [1.807, 2.05) is 42.5 Å². The van der Waals surface area contributed by atoms with Crippen LogP contribution in [0.1, 0.15) is 41.6 Å². The molecule has 37 heavy (non-hydrogen) atoms. The van der Waals surface area contributed by atoms with E-state index in [1.54, 1.807) is 37.3 Å². The second-order valence-corrected chi connectivity index (χ2v) is 7.79. The molecule has 0 saturated carbocycles. The van der Waals surface area contributed by atoms with Crippen molar-refractivity contribution in [3.8, 4) is 17.6 Å². The SMILES string of the molecule is CCOC(=O)N[C@H](CC(=O)N/N=C\c1ccc(OCc2ccccc2C#N)c(OC)c1)c1ccccc1. The third kappa shape index (κ3) is 8.11. The van der Waals surface area contributed by atoms with E-state index in [1.165, 1.54) is 13.3 Å². The molecule has 0 bridgehead atoms. The van der Waals surface area contributed by atoms with Gasteiger partial charge in [-0.25, -0.2) is 10.2 Å². The molecule has 3 aromatic carbocycles.